The molecule has 0 aliphatic carbocycles. The number of hydrogen-bond acceptors (Lipinski definition) is 4. The average molecular weight is 345 g/mol. The maximum absolute atomic E-state index is 11.5. The zero-order chi connectivity index (χ0) is 15.1. The highest BCUT2D eigenvalue weighted by atomic mass is 79.9. The second-order valence-electron chi connectivity index (χ2n) is 3.87. The van der Waals surface area contributed by atoms with E-state index in [2.05, 4.69) is 26.0 Å². The van der Waals surface area contributed by atoms with Crippen LogP contribution in [0.4, 0.5) is 10.5 Å². The molecule has 8 heteroatoms. The molecule has 1 rings (SSSR count). The summed E-state index contributed by atoms with van der Waals surface area (Å²) in [5.74, 6) is -1.92. The normalized spacial score (nSPS) is 9.90. The Kier molecular flexibility index (Phi) is 6.13. The molecular weight excluding hydrogens is 332 g/mol. The van der Waals surface area contributed by atoms with Gasteiger partial charge in [0.1, 0.15) is 13.2 Å². The highest BCUT2D eigenvalue weighted by Gasteiger charge is 2.10. The number of anilines is 1. The van der Waals surface area contributed by atoms with Gasteiger partial charge in [0.15, 0.2) is 0 Å². The van der Waals surface area contributed by atoms with Gasteiger partial charge in [0.25, 0.3) is 5.91 Å². The van der Waals surface area contributed by atoms with Crippen LogP contribution in [0.1, 0.15) is 5.56 Å². The van der Waals surface area contributed by atoms with E-state index in [-0.39, 0.29) is 0 Å². The SMILES string of the molecule is Cc1ccc(NC(=O)NC(=O)COCC(=O)O)c(Br)c1. The van der Waals surface area contributed by atoms with Crippen LogP contribution in [0.25, 0.3) is 0 Å². The Morgan fingerprint density at radius 1 is 1.30 bits per heavy atom. The minimum Gasteiger partial charge on any atom is -0.480 e. The summed E-state index contributed by atoms with van der Waals surface area (Å²) in [6.07, 6.45) is 0. The Morgan fingerprint density at radius 2 is 2.00 bits per heavy atom. The van der Waals surface area contributed by atoms with E-state index in [1.807, 2.05) is 18.3 Å². The number of carbonyl (C=O) groups excluding carboxylic acids is 2. The summed E-state index contributed by atoms with van der Waals surface area (Å²) in [7, 11) is 0. The number of aryl methyl sites for hydroxylation is 1. The van der Waals surface area contributed by atoms with Gasteiger partial charge in [-0.25, -0.2) is 9.59 Å². The maximum atomic E-state index is 11.5. The molecule has 108 valence electrons. The molecule has 0 aliphatic heterocycles. The number of imide groups is 1. The van der Waals surface area contributed by atoms with Gasteiger partial charge in [-0.2, -0.15) is 0 Å². The first kappa shape index (κ1) is 16.1. The molecular formula is C12H13BrN2O5. The number of carbonyl (C=O) groups is 3. The van der Waals surface area contributed by atoms with Gasteiger partial charge in [-0.15, -0.1) is 0 Å². The second kappa shape index (κ2) is 7.61. The topological polar surface area (TPSA) is 105 Å². The van der Waals surface area contributed by atoms with Gasteiger partial charge in [0.05, 0.1) is 5.69 Å². The molecule has 0 radical (unpaired) electrons. The van der Waals surface area contributed by atoms with Crippen LogP contribution in [0, 0.1) is 6.92 Å². The molecule has 0 saturated heterocycles. The van der Waals surface area contributed by atoms with Crippen molar-refractivity contribution in [1.82, 2.24) is 5.32 Å². The first-order valence-corrected chi connectivity index (χ1v) is 6.34. The Bertz CT molecular complexity index is 533. The largest absolute Gasteiger partial charge is 0.480 e. The molecule has 0 saturated carbocycles. The fourth-order valence-electron chi connectivity index (χ4n) is 1.27. The van der Waals surface area contributed by atoms with Crippen LogP contribution in [0.2, 0.25) is 0 Å². The van der Waals surface area contributed by atoms with Crippen LogP contribution in [0.5, 0.6) is 0 Å². The lowest BCUT2D eigenvalue weighted by Crippen LogP contribution is -2.37. The van der Waals surface area contributed by atoms with Gasteiger partial charge in [-0.3, -0.25) is 10.1 Å². The third-order valence-corrected chi connectivity index (χ3v) is 2.74. The molecule has 3 N–H and O–H groups in total. The molecule has 0 heterocycles. The van der Waals surface area contributed by atoms with Crippen molar-refractivity contribution in [2.24, 2.45) is 0 Å². The van der Waals surface area contributed by atoms with Gasteiger partial charge in [0, 0.05) is 4.47 Å². The molecule has 7 nitrogen and oxygen atoms in total. The van der Waals surface area contributed by atoms with Gasteiger partial charge in [-0.1, -0.05) is 6.07 Å². The summed E-state index contributed by atoms with van der Waals surface area (Å²) >= 11 is 3.28. The van der Waals surface area contributed by atoms with Crippen LogP contribution < -0.4 is 10.6 Å². The summed E-state index contributed by atoms with van der Waals surface area (Å²) in [6.45, 7) is 0.797. The number of ether oxygens (including phenoxy) is 1. The number of amides is 3. The lowest BCUT2D eigenvalue weighted by molar-refractivity contribution is -0.143. The Labute approximate surface area is 123 Å². The predicted molar refractivity (Wildman–Crippen MR) is 74.5 cm³/mol. The highest BCUT2D eigenvalue weighted by molar-refractivity contribution is 9.10. The molecule has 1 aromatic carbocycles. The first-order chi connectivity index (χ1) is 9.38. The quantitative estimate of drug-likeness (QED) is 0.750. The summed E-state index contributed by atoms with van der Waals surface area (Å²) in [5.41, 5.74) is 1.52. The van der Waals surface area contributed by atoms with Crippen LogP contribution in [0.15, 0.2) is 22.7 Å². The highest BCUT2D eigenvalue weighted by Crippen LogP contribution is 2.23. The van der Waals surface area contributed by atoms with Gasteiger partial charge >= 0.3 is 12.0 Å². The van der Waals surface area contributed by atoms with Crippen molar-refractivity contribution in [3.63, 3.8) is 0 Å². The summed E-state index contributed by atoms with van der Waals surface area (Å²) < 4.78 is 5.23. The molecule has 1 aromatic rings. The lowest BCUT2D eigenvalue weighted by Gasteiger charge is -2.09. The number of benzene rings is 1. The van der Waals surface area contributed by atoms with Gasteiger partial charge in [-0.05, 0) is 40.5 Å². The molecule has 0 aliphatic rings. The van der Waals surface area contributed by atoms with Crippen LogP contribution in [-0.4, -0.2) is 36.2 Å². The van der Waals surface area contributed by atoms with Crippen molar-refractivity contribution in [1.29, 1.82) is 0 Å². The van der Waals surface area contributed by atoms with Crippen molar-refractivity contribution in [3.05, 3.63) is 28.2 Å². The van der Waals surface area contributed by atoms with Crippen molar-refractivity contribution < 1.29 is 24.2 Å². The molecule has 0 bridgehead atoms. The van der Waals surface area contributed by atoms with Crippen molar-refractivity contribution in [2.45, 2.75) is 6.92 Å². The monoisotopic (exact) mass is 344 g/mol. The number of urea groups is 1. The van der Waals surface area contributed by atoms with Gasteiger partial charge < -0.3 is 15.2 Å². The smallest absolute Gasteiger partial charge is 0.329 e. The number of hydrogen-bond donors (Lipinski definition) is 3. The summed E-state index contributed by atoms with van der Waals surface area (Å²) in [5, 5.41) is 12.8. The average Bonchev–Trinajstić information content (AvgIpc) is 2.32. The second-order valence-corrected chi connectivity index (χ2v) is 4.73. The minimum absolute atomic E-state index is 0.505. The lowest BCUT2D eigenvalue weighted by atomic mass is 10.2. The zero-order valence-corrected chi connectivity index (χ0v) is 12.2. The van der Waals surface area contributed by atoms with Crippen molar-refractivity contribution in [2.75, 3.05) is 18.5 Å². The molecule has 0 unspecified atom stereocenters. The van der Waals surface area contributed by atoms with E-state index >= 15 is 0 Å². The predicted octanol–water partition coefficient (Wildman–Crippen LogP) is 1.51. The minimum atomic E-state index is -1.19. The van der Waals surface area contributed by atoms with Gasteiger partial charge in [0.2, 0.25) is 0 Å². The Morgan fingerprint density at radius 3 is 2.60 bits per heavy atom. The fraction of sp³-hybridized carbons (Fsp3) is 0.250. The first-order valence-electron chi connectivity index (χ1n) is 5.55. The van der Waals surface area contributed by atoms with Crippen molar-refractivity contribution in [3.8, 4) is 0 Å². The Hall–Kier alpha value is -1.93. The standard InChI is InChI=1S/C12H13BrN2O5/c1-7-2-3-9(8(13)4-7)14-12(19)15-10(16)5-20-6-11(17)18/h2-4H,5-6H2,1H3,(H,17,18)(H2,14,15,16,19). The Balaban J connectivity index is 2.43. The molecule has 0 fully saturated rings. The van der Waals surface area contributed by atoms with E-state index in [1.165, 1.54) is 0 Å². The number of nitrogens with one attached hydrogen (secondary N) is 2. The van der Waals surface area contributed by atoms with Crippen LogP contribution in [-0.2, 0) is 14.3 Å². The number of aliphatic carboxylic acids is 1. The summed E-state index contributed by atoms with van der Waals surface area (Å²) in [6, 6.07) is 4.58. The number of rotatable bonds is 5. The number of carboxylic acids is 1. The molecule has 0 spiro atoms. The third-order valence-electron chi connectivity index (χ3n) is 2.08. The van der Waals surface area contributed by atoms with E-state index < -0.39 is 31.1 Å². The van der Waals surface area contributed by atoms with Crippen LogP contribution in [0.3, 0.4) is 0 Å². The van der Waals surface area contributed by atoms with E-state index in [0.29, 0.717) is 10.2 Å². The molecule has 20 heavy (non-hydrogen) atoms. The third kappa shape index (κ3) is 5.81. The summed E-state index contributed by atoms with van der Waals surface area (Å²) in [4.78, 5) is 33.0. The molecule has 0 atom stereocenters. The van der Waals surface area contributed by atoms with Crippen molar-refractivity contribution >= 4 is 39.5 Å². The fourth-order valence-corrected chi connectivity index (χ4v) is 1.86. The number of carboxylic acid groups (broad SMARTS) is 1. The zero-order valence-electron chi connectivity index (χ0n) is 10.6. The molecule has 3 amide bonds. The van der Waals surface area contributed by atoms with E-state index in [0.717, 1.165) is 5.56 Å². The van der Waals surface area contributed by atoms with E-state index in [4.69, 9.17) is 5.11 Å². The maximum Gasteiger partial charge on any atom is 0.329 e. The molecule has 0 aromatic heterocycles. The van der Waals surface area contributed by atoms with Crippen LogP contribution >= 0.6 is 15.9 Å². The van der Waals surface area contributed by atoms with E-state index in [1.54, 1.807) is 12.1 Å². The number of halogens is 1. The van der Waals surface area contributed by atoms with E-state index in [9.17, 15) is 14.4 Å².